The fourth-order valence-corrected chi connectivity index (χ4v) is 3.72. The lowest BCUT2D eigenvalue weighted by molar-refractivity contribution is 0.461. The minimum absolute atomic E-state index is 0.396. The number of rotatable bonds is 6. The van der Waals surface area contributed by atoms with E-state index in [1.807, 2.05) is 37.3 Å². The molecule has 0 aromatic heterocycles. The Kier molecular flexibility index (Phi) is 5.15. The molecule has 0 atom stereocenters. The van der Waals surface area contributed by atoms with E-state index in [2.05, 4.69) is 12.1 Å². The molecule has 0 aliphatic rings. The van der Waals surface area contributed by atoms with Crippen LogP contribution in [0.15, 0.2) is 59.5 Å². The lowest BCUT2D eigenvalue weighted by Crippen LogP contribution is -2.28. The van der Waals surface area contributed by atoms with Crippen LogP contribution in [0.1, 0.15) is 17.5 Å². The van der Waals surface area contributed by atoms with Gasteiger partial charge in [-0.1, -0.05) is 48.5 Å². The van der Waals surface area contributed by atoms with Gasteiger partial charge in [-0.05, 0) is 37.0 Å². The number of hydrogen-bond donors (Lipinski definition) is 0. The number of aryl methyl sites for hydroxylation is 2. The van der Waals surface area contributed by atoms with Crippen molar-refractivity contribution in [3.8, 4) is 0 Å². The summed E-state index contributed by atoms with van der Waals surface area (Å²) in [4.78, 5) is 0.396. The molecule has 4 heteroatoms. The van der Waals surface area contributed by atoms with Crippen molar-refractivity contribution in [2.45, 2.75) is 24.7 Å². The average molecular weight is 303 g/mol. The molecule has 0 saturated heterocycles. The highest BCUT2D eigenvalue weighted by molar-refractivity contribution is 7.89. The molecule has 0 heterocycles. The van der Waals surface area contributed by atoms with Gasteiger partial charge in [-0.25, -0.2) is 12.7 Å². The molecule has 0 spiro atoms. The number of benzene rings is 2. The third-order valence-corrected chi connectivity index (χ3v) is 5.58. The molecule has 0 saturated carbocycles. The molecule has 3 nitrogen and oxygen atoms in total. The zero-order valence-corrected chi connectivity index (χ0v) is 13.3. The van der Waals surface area contributed by atoms with Crippen molar-refractivity contribution in [3.05, 3.63) is 65.7 Å². The average Bonchev–Trinajstić information content (AvgIpc) is 2.48. The van der Waals surface area contributed by atoms with Gasteiger partial charge in [0.1, 0.15) is 0 Å². The Labute approximate surface area is 127 Å². The standard InChI is InChI=1S/C17H21NO2S/c1-15-9-6-7-13-17(15)21(19,20)18(2)14-8-12-16-10-4-3-5-11-16/h3-7,9-11,13H,8,12,14H2,1-2H3. The maximum Gasteiger partial charge on any atom is 0.243 e. The first-order chi connectivity index (χ1) is 10.0. The highest BCUT2D eigenvalue weighted by atomic mass is 32.2. The number of hydrogen-bond acceptors (Lipinski definition) is 2. The van der Waals surface area contributed by atoms with Gasteiger partial charge in [0.25, 0.3) is 0 Å². The minimum atomic E-state index is -3.39. The summed E-state index contributed by atoms with van der Waals surface area (Å²) in [7, 11) is -1.75. The van der Waals surface area contributed by atoms with Crippen LogP contribution >= 0.6 is 0 Å². The first-order valence-electron chi connectivity index (χ1n) is 7.08. The van der Waals surface area contributed by atoms with Crippen molar-refractivity contribution in [2.75, 3.05) is 13.6 Å². The van der Waals surface area contributed by atoms with Gasteiger partial charge in [0, 0.05) is 13.6 Å². The molecule has 2 aromatic rings. The molecule has 0 amide bonds. The topological polar surface area (TPSA) is 37.4 Å². The van der Waals surface area contributed by atoms with Crippen molar-refractivity contribution in [3.63, 3.8) is 0 Å². The fourth-order valence-electron chi connectivity index (χ4n) is 2.28. The van der Waals surface area contributed by atoms with Gasteiger partial charge in [-0.2, -0.15) is 0 Å². The van der Waals surface area contributed by atoms with E-state index in [0.717, 1.165) is 18.4 Å². The second-order valence-corrected chi connectivity index (χ2v) is 7.19. The van der Waals surface area contributed by atoms with Gasteiger partial charge in [-0.3, -0.25) is 0 Å². The molecule has 0 radical (unpaired) electrons. The predicted octanol–water partition coefficient (Wildman–Crippen LogP) is 3.25. The molecule has 0 bridgehead atoms. The maximum atomic E-state index is 12.5. The first kappa shape index (κ1) is 15.7. The lowest BCUT2D eigenvalue weighted by Gasteiger charge is -2.18. The van der Waals surface area contributed by atoms with Crippen LogP contribution in [-0.2, 0) is 16.4 Å². The van der Waals surface area contributed by atoms with Gasteiger partial charge < -0.3 is 0 Å². The summed E-state index contributed by atoms with van der Waals surface area (Å²) in [6.45, 7) is 2.34. The largest absolute Gasteiger partial charge is 0.243 e. The summed E-state index contributed by atoms with van der Waals surface area (Å²) in [6, 6.07) is 17.2. The van der Waals surface area contributed by atoms with Crippen LogP contribution in [-0.4, -0.2) is 26.3 Å². The first-order valence-corrected chi connectivity index (χ1v) is 8.52. The molecule has 0 aliphatic carbocycles. The van der Waals surface area contributed by atoms with Gasteiger partial charge in [-0.15, -0.1) is 0 Å². The van der Waals surface area contributed by atoms with E-state index >= 15 is 0 Å². The van der Waals surface area contributed by atoms with E-state index in [1.54, 1.807) is 19.2 Å². The summed E-state index contributed by atoms with van der Waals surface area (Å²) in [5, 5.41) is 0. The predicted molar refractivity (Wildman–Crippen MR) is 85.8 cm³/mol. The Morgan fingerprint density at radius 1 is 0.952 bits per heavy atom. The molecule has 21 heavy (non-hydrogen) atoms. The lowest BCUT2D eigenvalue weighted by atomic mass is 10.1. The zero-order chi connectivity index (χ0) is 15.3. The van der Waals surface area contributed by atoms with Crippen LogP contribution in [0.4, 0.5) is 0 Å². The van der Waals surface area contributed by atoms with Crippen LogP contribution in [0.2, 0.25) is 0 Å². The molecule has 2 aromatic carbocycles. The SMILES string of the molecule is Cc1ccccc1S(=O)(=O)N(C)CCCc1ccccc1. The van der Waals surface area contributed by atoms with Crippen molar-refractivity contribution in [1.29, 1.82) is 0 Å². The van der Waals surface area contributed by atoms with Crippen LogP contribution in [0, 0.1) is 6.92 Å². The Bertz CT molecular complexity index is 681. The van der Waals surface area contributed by atoms with E-state index < -0.39 is 10.0 Å². The van der Waals surface area contributed by atoms with Crippen molar-refractivity contribution in [2.24, 2.45) is 0 Å². The van der Waals surface area contributed by atoms with Crippen LogP contribution in [0.25, 0.3) is 0 Å². The van der Waals surface area contributed by atoms with Crippen LogP contribution in [0.5, 0.6) is 0 Å². The third kappa shape index (κ3) is 3.93. The molecule has 112 valence electrons. The number of sulfonamides is 1. The molecular formula is C17H21NO2S. The summed E-state index contributed by atoms with van der Waals surface area (Å²) in [5.74, 6) is 0. The second-order valence-electron chi connectivity index (χ2n) is 5.18. The zero-order valence-electron chi connectivity index (χ0n) is 12.5. The van der Waals surface area contributed by atoms with Crippen molar-refractivity contribution >= 4 is 10.0 Å². The molecule has 0 N–H and O–H groups in total. The van der Waals surface area contributed by atoms with Crippen LogP contribution < -0.4 is 0 Å². The summed E-state index contributed by atoms with van der Waals surface area (Å²) in [6.07, 6.45) is 1.69. The Morgan fingerprint density at radius 2 is 1.57 bits per heavy atom. The van der Waals surface area contributed by atoms with Crippen molar-refractivity contribution < 1.29 is 8.42 Å². The summed E-state index contributed by atoms with van der Waals surface area (Å²) in [5.41, 5.74) is 2.02. The fraction of sp³-hybridized carbons (Fsp3) is 0.294. The Hall–Kier alpha value is -1.65. The summed E-state index contributed by atoms with van der Waals surface area (Å²) >= 11 is 0. The molecule has 0 fully saturated rings. The van der Waals surface area contributed by atoms with Gasteiger partial charge in [0.15, 0.2) is 0 Å². The van der Waals surface area contributed by atoms with Gasteiger partial charge >= 0.3 is 0 Å². The van der Waals surface area contributed by atoms with E-state index in [1.165, 1.54) is 9.87 Å². The van der Waals surface area contributed by atoms with E-state index in [4.69, 9.17) is 0 Å². The van der Waals surface area contributed by atoms with Crippen molar-refractivity contribution in [1.82, 2.24) is 4.31 Å². The Morgan fingerprint density at radius 3 is 2.24 bits per heavy atom. The molecule has 2 rings (SSSR count). The quantitative estimate of drug-likeness (QED) is 0.821. The molecule has 0 aliphatic heterocycles. The van der Waals surface area contributed by atoms with Gasteiger partial charge in [0.05, 0.1) is 4.90 Å². The summed E-state index contributed by atoms with van der Waals surface area (Å²) < 4.78 is 26.5. The van der Waals surface area contributed by atoms with E-state index in [0.29, 0.717) is 11.4 Å². The number of nitrogens with zero attached hydrogens (tertiary/aromatic N) is 1. The van der Waals surface area contributed by atoms with Crippen LogP contribution in [0.3, 0.4) is 0 Å². The molecular weight excluding hydrogens is 282 g/mol. The maximum absolute atomic E-state index is 12.5. The highest BCUT2D eigenvalue weighted by Gasteiger charge is 2.21. The van der Waals surface area contributed by atoms with E-state index in [9.17, 15) is 8.42 Å². The third-order valence-electron chi connectivity index (χ3n) is 3.56. The second kappa shape index (κ2) is 6.87. The Balaban J connectivity index is 2.00. The molecule has 0 unspecified atom stereocenters. The smallest absolute Gasteiger partial charge is 0.207 e. The van der Waals surface area contributed by atoms with E-state index in [-0.39, 0.29) is 0 Å². The monoisotopic (exact) mass is 303 g/mol. The minimum Gasteiger partial charge on any atom is -0.207 e. The van der Waals surface area contributed by atoms with Gasteiger partial charge in [0.2, 0.25) is 10.0 Å². The normalized spacial score (nSPS) is 11.8. The highest BCUT2D eigenvalue weighted by Crippen LogP contribution is 2.18.